The Morgan fingerprint density at radius 2 is 2.21 bits per heavy atom. The molecule has 0 atom stereocenters. The maximum Gasteiger partial charge on any atom is 0.0918 e. The molecule has 0 unspecified atom stereocenters. The number of nitrogens with two attached hydrogens (primary N) is 1. The molecule has 0 bridgehead atoms. The molecule has 0 amide bonds. The lowest BCUT2D eigenvalue weighted by molar-refractivity contribution is 0.312. The van der Waals surface area contributed by atoms with E-state index >= 15 is 0 Å². The minimum atomic E-state index is 0.250. The van der Waals surface area contributed by atoms with Gasteiger partial charge in [0.25, 0.3) is 0 Å². The van der Waals surface area contributed by atoms with Gasteiger partial charge < -0.3 is 10.6 Å². The molecule has 1 saturated carbocycles. The van der Waals surface area contributed by atoms with Crippen molar-refractivity contribution in [3.8, 4) is 0 Å². The number of hydrogen-bond acceptors (Lipinski definition) is 3. The fourth-order valence-corrected chi connectivity index (χ4v) is 2.68. The van der Waals surface area contributed by atoms with Crippen molar-refractivity contribution in [3.63, 3.8) is 0 Å². The van der Waals surface area contributed by atoms with Crippen molar-refractivity contribution in [2.45, 2.75) is 51.1 Å². The van der Waals surface area contributed by atoms with Gasteiger partial charge in [-0.05, 0) is 26.0 Å². The fourth-order valence-electron chi connectivity index (χ4n) is 2.68. The molecule has 0 aromatic carbocycles. The average Bonchev–Trinajstić information content (AvgIpc) is 2.86. The average molecular weight is 263 g/mol. The predicted molar refractivity (Wildman–Crippen MR) is 77.2 cm³/mol. The molecule has 1 aromatic rings. The van der Waals surface area contributed by atoms with Crippen LogP contribution in [0.15, 0.2) is 12.3 Å². The van der Waals surface area contributed by atoms with Crippen molar-refractivity contribution >= 4 is 5.84 Å². The van der Waals surface area contributed by atoms with Gasteiger partial charge in [0, 0.05) is 25.7 Å². The van der Waals surface area contributed by atoms with E-state index in [-0.39, 0.29) is 5.84 Å². The van der Waals surface area contributed by atoms with Crippen molar-refractivity contribution in [2.24, 2.45) is 5.73 Å². The number of nitrogens with zero attached hydrogens (tertiary/aromatic N) is 3. The second kappa shape index (κ2) is 6.70. The van der Waals surface area contributed by atoms with Crippen LogP contribution in [-0.4, -0.2) is 34.1 Å². The third-order valence-corrected chi connectivity index (χ3v) is 3.81. The van der Waals surface area contributed by atoms with E-state index in [1.165, 1.54) is 32.1 Å². The maximum absolute atomic E-state index is 7.24. The van der Waals surface area contributed by atoms with Gasteiger partial charge in [-0.3, -0.25) is 10.1 Å². The number of hydrogen-bond donors (Lipinski definition) is 2. The van der Waals surface area contributed by atoms with Gasteiger partial charge in [0.1, 0.15) is 0 Å². The number of aromatic nitrogens is 2. The topological polar surface area (TPSA) is 70.9 Å². The van der Waals surface area contributed by atoms with Gasteiger partial charge in [-0.1, -0.05) is 19.3 Å². The molecule has 0 saturated heterocycles. The highest BCUT2D eigenvalue weighted by atomic mass is 15.3. The van der Waals surface area contributed by atoms with Gasteiger partial charge in [0.05, 0.1) is 17.6 Å². The predicted octanol–water partition coefficient (Wildman–Crippen LogP) is 2.15. The number of amidine groups is 1. The Balaban J connectivity index is 1.84. The molecule has 1 heterocycles. The first kappa shape index (κ1) is 14.1. The van der Waals surface area contributed by atoms with Crippen molar-refractivity contribution in [1.29, 1.82) is 5.41 Å². The molecule has 1 aromatic heterocycles. The largest absolute Gasteiger partial charge is 0.388 e. The first-order chi connectivity index (χ1) is 9.15. The third-order valence-electron chi connectivity index (χ3n) is 3.81. The Hall–Kier alpha value is -1.36. The SMILES string of the molecule is CN(CCC(=N)N)Cc1ccn(C2CCCCC2)n1. The Morgan fingerprint density at radius 1 is 1.47 bits per heavy atom. The summed E-state index contributed by atoms with van der Waals surface area (Å²) >= 11 is 0. The molecule has 5 nitrogen and oxygen atoms in total. The molecule has 2 rings (SSSR count). The zero-order valence-electron chi connectivity index (χ0n) is 11.8. The lowest BCUT2D eigenvalue weighted by atomic mass is 9.96. The highest BCUT2D eigenvalue weighted by molar-refractivity contribution is 5.76. The molecule has 3 N–H and O–H groups in total. The van der Waals surface area contributed by atoms with Gasteiger partial charge in [0.2, 0.25) is 0 Å². The van der Waals surface area contributed by atoms with Crippen LogP contribution in [0.2, 0.25) is 0 Å². The normalized spacial score (nSPS) is 16.9. The summed E-state index contributed by atoms with van der Waals surface area (Å²) in [4.78, 5) is 2.16. The Labute approximate surface area is 115 Å². The van der Waals surface area contributed by atoms with Crippen LogP contribution in [-0.2, 0) is 6.54 Å². The van der Waals surface area contributed by atoms with Crippen LogP contribution in [0.5, 0.6) is 0 Å². The minimum absolute atomic E-state index is 0.250. The molecule has 19 heavy (non-hydrogen) atoms. The quantitative estimate of drug-likeness (QED) is 0.610. The van der Waals surface area contributed by atoms with E-state index in [4.69, 9.17) is 16.2 Å². The Morgan fingerprint density at radius 3 is 2.89 bits per heavy atom. The smallest absolute Gasteiger partial charge is 0.0918 e. The zero-order chi connectivity index (χ0) is 13.7. The number of nitrogens with one attached hydrogen (secondary N) is 1. The van der Waals surface area contributed by atoms with Crippen molar-refractivity contribution in [1.82, 2.24) is 14.7 Å². The maximum atomic E-state index is 7.24. The van der Waals surface area contributed by atoms with Crippen LogP contribution in [0, 0.1) is 5.41 Å². The zero-order valence-corrected chi connectivity index (χ0v) is 11.8. The molecular formula is C14H25N5. The van der Waals surface area contributed by atoms with E-state index in [0.29, 0.717) is 12.5 Å². The van der Waals surface area contributed by atoms with E-state index in [0.717, 1.165) is 18.8 Å². The van der Waals surface area contributed by atoms with Gasteiger partial charge in [-0.15, -0.1) is 0 Å². The summed E-state index contributed by atoms with van der Waals surface area (Å²) in [7, 11) is 2.04. The van der Waals surface area contributed by atoms with Crippen LogP contribution in [0.3, 0.4) is 0 Å². The summed E-state index contributed by atoms with van der Waals surface area (Å²) in [5.41, 5.74) is 6.48. The monoisotopic (exact) mass is 263 g/mol. The molecule has 1 aliphatic rings. The van der Waals surface area contributed by atoms with Crippen LogP contribution < -0.4 is 5.73 Å². The summed E-state index contributed by atoms with van der Waals surface area (Å²) in [5, 5.41) is 11.9. The van der Waals surface area contributed by atoms with E-state index in [1.807, 2.05) is 7.05 Å². The van der Waals surface area contributed by atoms with Crippen LogP contribution in [0.25, 0.3) is 0 Å². The summed E-state index contributed by atoms with van der Waals surface area (Å²) < 4.78 is 2.15. The van der Waals surface area contributed by atoms with Crippen molar-refractivity contribution in [2.75, 3.05) is 13.6 Å². The molecule has 0 spiro atoms. The summed E-state index contributed by atoms with van der Waals surface area (Å²) in [6, 6.07) is 2.71. The Kier molecular flexibility index (Phi) is 4.96. The van der Waals surface area contributed by atoms with Gasteiger partial charge in [0.15, 0.2) is 0 Å². The lowest BCUT2D eigenvalue weighted by Gasteiger charge is -2.22. The summed E-state index contributed by atoms with van der Waals surface area (Å²) in [6.07, 6.45) is 9.31. The second-order valence-electron chi connectivity index (χ2n) is 5.59. The molecule has 0 aliphatic heterocycles. The highest BCUT2D eigenvalue weighted by Crippen LogP contribution is 2.27. The van der Waals surface area contributed by atoms with E-state index in [2.05, 4.69) is 21.8 Å². The van der Waals surface area contributed by atoms with Crippen molar-refractivity contribution < 1.29 is 0 Å². The molecule has 5 heteroatoms. The van der Waals surface area contributed by atoms with Gasteiger partial charge in [-0.25, -0.2) is 0 Å². The summed E-state index contributed by atoms with van der Waals surface area (Å²) in [6.45, 7) is 1.64. The van der Waals surface area contributed by atoms with Gasteiger partial charge in [-0.2, -0.15) is 5.10 Å². The first-order valence-corrected chi connectivity index (χ1v) is 7.20. The molecule has 1 aliphatic carbocycles. The second-order valence-corrected chi connectivity index (χ2v) is 5.59. The molecule has 1 fully saturated rings. The van der Waals surface area contributed by atoms with Crippen LogP contribution >= 0.6 is 0 Å². The van der Waals surface area contributed by atoms with Crippen molar-refractivity contribution in [3.05, 3.63) is 18.0 Å². The summed E-state index contributed by atoms with van der Waals surface area (Å²) in [5.74, 6) is 0.250. The standard InChI is InChI=1S/C14H25N5/c1-18(9-8-14(15)16)11-12-7-10-19(17-12)13-5-3-2-4-6-13/h7,10,13H,2-6,8-9,11H2,1H3,(H3,15,16). The van der Waals surface area contributed by atoms with Gasteiger partial charge >= 0.3 is 0 Å². The molecule has 106 valence electrons. The lowest BCUT2D eigenvalue weighted by Crippen LogP contribution is -2.24. The first-order valence-electron chi connectivity index (χ1n) is 7.20. The molecule has 0 radical (unpaired) electrons. The Bertz CT molecular complexity index is 406. The van der Waals surface area contributed by atoms with E-state index in [1.54, 1.807) is 0 Å². The van der Waals surface area contributed by atoms with Crippen LogP contribution in [0.1, 0.15) is 50.3 Å². The van der Waals surface area contributed by atoms with E-state index < -0.39 is 0 Å². The highest BCUT2D eigenvalue weighted by Gasteiger charge is 2.16. The molecular weight excluding hydrogens is 238 g/mol. The third kappa shape index (κ3) is 4.35. The van der Waals surface area contributed by atoms with E-state index in [9.17, 15) is 0 Å². The minimum Gasteiger partial charge on any atom is -0.388 e. The number of rotatable bonds is 6. The fraction of sp³-hybridized carbons (Fsp3) is 0.714. The van der Waals surface area contributed by atoms with Crippen LogP contribution in [0.4, 0.5) is 0 Å².